The number of hydrogen-bond donors (Lipinski definition) is 2. The fourth-order valence-corrected chi connectivity index (χ4v) is 3.53. The maximum Gasteiger partial charge on any atom is 0.163 e. The molecule has 3 rings (SSSR count). The van der Waals surface area contributed by atoms with E-state index in [1.807, 2.05) is 32.0 Å². The number of unbranched alkanes of at least 4 members (excludes halogenated alkanes) is 1. The average Bonchev–Trinajstić information content (AvgIpc) is 3.14. The Kier molecular flexibility index (Phi) is 6.35. The summed E-state index contributed by atoms with van der Waals surface area (Å²) < 4.78 is 17.7. The van der Waals surface area contributed by atoms with Gasteiger partial charge in [0.1, 0.15) is 18.0 Å². The number of nitrogens with one attached hydrogen (secondary N) is 1. The van der Waals surface area contributed by atoms with Gasteiger partial charge in [-0.3, -0.25) is 0 Å². The summed E-state index contributed by atoms with van der Waals surface area (Å²) in [7, 11) is 0. The summed E-state index contributed by atoms with van der Waals surface area (Å²) in [6, 6.07) is 10.1. The molecule has 0 spiro atoms. The molecule has 2 fully saturated rings. The summed E-state index contributed by atoms with van der Waals surface area (Å²) in [4.78, 5) is 0. The van der Waals surface area contributed by atoms with Gasteiger partial charge in [0.2, 0.25) is 0 Å². The molecule has 144 valence electrons. The molecule has 2 aliphatic heterocycles. The summed E-state index contributed by atoms with van der Waals surface area (Å²) in [5.41, 5.74) is 1.28. The molecule has 5 nitrogen and oxygen atoms in total. The van der Waals surface area contributed by atoms with Crippen LogP contribution in [0.1, 0.15) is 39.2 Å². The van der Waals surface area contributed by atoms with Crippen LogP contribution in [0.15, 0.2) is 42.2 Å². The molecule has 1 aromatic rings. The minimum atomic E-state index is -0.656. The van der Waals surface area contributed by atoms with Gasteiger partial charge in [0.25, 0.3) is 0 Å². The molecule has 4 atom stereocenters. The third kappa shape index (κ3) is 4.65. The molecule has 2 aliphatic rings. The van der Waals surface area contributed by atoms with E-state index in [9.17, 15) is 5.11 Å². The normalized spacial score (nSPS) is 32.1. The summed E-state index contributed by atoms with van der Waals surface area (Å²) in [5, 5.41) is 14.4. The van der Waals surface area contributed by atoms with E-state index in [1.54, 1.807) is 0 Å². The number of allylic oxidation sites excluding steroid dienone is 1. The second kappa shape index (κ2) is 8.53. The van der Waals surface area contributed by atoms with Crippen molar-refractivity contribution < 1.29 is 19.3 Å². The maximum atomic E-state index is 10.9. The van der Waals surface area contributed by atoms with E-state index in [0.29, 0.717) is 6.61 Å². The molecule has 0 bridgehead atoms. The highest BCUT2D eigenvalue weighted by molar-refractivity contribution is 5.17. The van der Waals surface area contributed by atoms with Crippen LogP contribution in [0.4, 0.5) is 0 Å². The third-order valence-corrected chi connectivity index (χ3v) is 4.91. The fourth-order valence-electron chi connectivity index (χ4n) is 3.53. The second-order valence-corrected chi connectivity index (χ2v) is 7.50. The Balaban J connectivity index is 1.63. The Morgan fingerprint density at radius 1 is 1.27 bits per heavy atom. The first-order valence-corrected chi connectivity index (χ1v) is 9.64. The Hall–Kier alpha value is -1.40. The lowest BCUT2D eigenvalue weighted by Gasteiger charge is -2.23. The lowest BCUT2D eigenvalue weighted by atomic mass is 10.0. The molecular weight excluding hydrogens is 330 g/mol. The number of aliphatic hydroxyl groups is 1. The van der Waals surface area contributed by atoms with Gasteiger partial charge in [-0.15, -0.1) is 0 Å². The predicted molar refractivity (Wildman–Crippen MR) is 101 cm³/mol. The van der Waals surface area contributed by atoms with Crippen LogP contribution in [0.2, 0.25) is 0 Å². The lowest BCUT2D eigenvalue weighted by molar-refractivity contribution is -0.156. The molecular formula is C21H31NO4. The molecule has 0 amide bonds. The zero-order valence-electron chi connectivity index (χ0n) is 16.0. The molecule has 1 aromatic carbocycles. The van der Waals surface area contributed by atoms with Crippen molar-refractivity contribution in [2.75, 3.05) is 13.2 Å². The van der Waals surface area contributed by atoms with E-state index in [2.05, 4.69) is 30.4 Å². The molecule has 2 N–H and O–H groups in total. The van der Waals surface area contributed by atoms with Crippen molar-refractivity contribution in [1.82, 2.24) is 5.32 Å². The molecule has 26 heavy (non-hydrogen) atoms. The Labute approximate surface area is 156 Å². The van der Waals surface area contributed by atoms with Crippen molar-refractivity contribution in [2.24, 2.45) is 0 Å². The minimum absolute atomic E-state index is 0.206. The van der Waals surface area contributed by atoms with Crippen molar-refractivity contribution in [3.05, 3.63) is 47.7 Å². The summed E-state index contributed by atoms with van der Waals surface area (Å²) in [6.45, 7) is 7.12. The molecule has 2 heterocycles. The SMILES string of the molecule is CCC/C=C1/O[C@H]([C@H]2COC(C)(C)O2)[C@H](O)[C@H]1NCCc1ccccc1. The van der Waals surface area contributed by atoms with Crippen LogP contribution in [0.3, 0.4) is 0 Å². The number of rotatable bonds is 7. The van der Waals surface area contributed by atoms with Gasteiger partial charge in [-0.1, -0.05) is 43.7 Å². The smallest absolute Gasteiger partial charge is 0.163 e. The van der Waals surface area contributed by atoms with Gasteiger partial charge in [-0.25, -0.2) is 0 Å². The highest BCUT2D eigenvalue weighted by Gasteiger charge is 2.49. The predicted octanol–water partition coefficient (Wildman–Crippen LogP) is 2.78. The molecule has 2 saturated heterocycles. The summed E-state index contributed by atoms with van der Waals surface area (Å²) in [5.74, 6) is 0.200. The molecule has 0 aliphatic carbocycles. The zero-order valence-corrected chi connectivity index (χ0v) is 16.0. The van der Waals surface area contributed by atoms with E-state index < -0.39 is 18.0 Å². The first kappa shape index (κ1) is 19.4. The third-order valence-electron chi connectivity index (χ3n) is 4.91. The molecule has 0 unspecified atom stereocenters. The van der Waals surface area contributed by atoms with Crippen molar-refractivity contribution in [3.8, 4) is 0 Å². The van der Waals surface area contributed by atoms with E-state index >= 15 is 0 Å². The number of hydrogen-bond acceptors (Lipinski definition) is 5. The molecule has 0 radical (unpaired) electrons. The fraction of sp³-hybridized carbons (Fsp3) is 0.619. The topological polar surface area (TPSA) is 60.0 Å². The van der Waals surface area contributed by atoms with E-state index in [4.69, 9.17) is 14.2 Å². The van der Waals surface area contributed by atoms with Crippen LogP contribution >= 0.6 is 0 Å². The highest BCUT2D eigenvalue weighted by Crippen LogP contribution is 2.34. The maximum absolute atomic E-state index is 10.9. The Morgan fingerprint density at radius 2 is 2.04 bits per heavy atom. The van der Waals surface area contributed by atoms with Crippen molar-refractivity contribution in [1.29, 1.82) is 0 Å². The van der Waals surface area contributed by atoms with Gasteiger partial charge in [0.05, 0.1) is 12.6 Å². The van der Waals surface area contributed by atoms with Gasteiger partial charge in [0, 0.05) is 0 Å². The van der Waals surface area contributed by atoms with Crippen LogP contribution in [0, 0.1) is 0 Å². The largest absolute Gasteiger partial charge is 0.488 e. The highest BCUT2D eigenvalue weighted by atomic mass is 16.8. The average molecular weight is 361 g/mol. The number of aliphatic hydroxyl groups excluding tert-OH is 1. The van der Waals surface area contributed by atoms with Crippen molar-refractivity contribution >= 4 is 0 Å². The van der Waals surface area contributed by atoms with Crippen molar-refractivity contribution in [2.45, 2.75) is 70.2 Å². The van der Waals surface area contributed by atoms with Gasteiger partial charge in [-0.05, 0) is 44.9 Å². The Morgan fingerprint density at radius 3 is 2.69 bits per heavy atom. The van der Waals surface area contributed by atoms with E-state index in [1.165, 1.54) is 5.56 Å². The van der Waals surface area contributed by atoms with Crippen molar-refractivity contribution in [3.63, 3.8) is 0 Å². The molecule has 0 aromatic heterocycles. The Bertz CT molecular complexity index is 601. The van der Waals surface area contributed by atoms with Gasteiger partial charge in [0.15, 0.2) is 11.9 Å². The number of ether oxygens (including phenoxy) is 3. The van der Waals surface area contributed by atoms with Gasteiger partial charge >= 0.3 is 0 Å². The van der Waals surface area contributed by atoms with Gasteiger partial charge in [-0.2, -0.15) is 0 Å². The van der Waals surface area contributed by atoms with Crippen LogP contribution in [0.5, 0.6) is 0 Å². The van der Waals surface area contributed by atoms with Crippen LogP contribution in [-0.4, -0.2) is 48.4 Å². The summed E-state index contributed by atoms with van der Waals surface area (Å²) >= 11 is 0. The molecule has 0 saturated carbocycles. The quantitative estimate of drug-likeness (QED) is 0.782. The standard InChI is InChI=1S/C21H31NO4/c1-4-5-11-16-18(22-13-12-15-9-7-6-8-10-15)19(23)20(25-16)17-14-24-21(2,3)26-17/h6-11,17-20,22-23H,4-5,12-14H2,1-3H3/b16-11+/t17-,18+,19-,20-/m1/s1. The van der Waals surface area contributed by atoms with Crippen LogP contribution in [-0.2, 0) is 20.6 Å². The lowest BCUT2D eigenvalue weighted by Crippen LogP contribution is -2.46. The second-order valence-electron chi connectivity index (χ2n) is 7.50. The van der Waals surface area contributed by atoms with E-state index in [-0.39, 0.29) is 12.1 Å². The minimum Gasteiger partial charge on any atom is -0.488 e. The van der Waals surface area contributed by atoms with E-state index in [0.717, 1.165) is 31.6 Å². The van der Waals surface area contributed by atoms with Crippen LogP contribution in [0.25, 0.3) is 0 Å². The molecule has 5 heteroatoms. The number of benzene rings is 1. The zero-order chi connectivity index (χ0) is 18.6. The first-order valence-electron chi connectivity index (χ1n) is 9.64. The van der Waals surface area contributed by atoms with Crippen LogP contribution < -0.4 is 5.32 Å². The summed E-state index contributed by atoms with van der Waals surface area (Å²) in [6.07, 6.45) is 3.65. The first-order chi connectivity index (χ1) is 12.5. The van der Waals surface area contributed by atoms with Gasteiger partial charge < -0.3 is 24.6 Å². The monoisotopic (exact) mass is 361 g/mol.